The van der Waals surface area contributed by atoms with E-state index in [4.69, 9.17) is 9.97 Å². The van der Waals surface area contributed by atoms with Crippen LogP contribution in [0, 0.1) is 0 Å². The summed E-state index contributed by atoms with van der Waals surface area (Å²) >= 11 is 0. The van der Waals surface area contributed by atoms with Crippen LogP contribution in [0.3, 0.4) is 0 Å². The summed E-state index contributed by atoms with van der Waals surface area (Å²) in [5.74, 6) is 0.720. The molecule has 0 unspecified atom stereocenters. The van der Waals surface area contributed by atoms with Crippen molar-refractivity contribution in [2.45, 2.75) is 5.41 Å². The Labute approximate surface area is 277 Å². The molecular formula is C45H27N3. The van der Waals surface area contributed by atoms with E-state index in [-0.39, 0.29) is 5.41 Å². The number of aromatic amines is 1. The van der Waals surface area contributed by atoms with Gasteiger partial charge in [0, 0.05) is 32.8 Å². The Bertz CT molecular complexity index is 2740. The Morgan fingerprint density at radius 3 is 1.73 bits per heavy atom. The van der Waals surface area contributed by atoms with Crippen LogP contribution in [0.15, 0.2) is 158 Å². The second-order valence-corrected chi connectivity index (χ2v) is 13.0. The fourth-order valence-electron chi connectivity index (χ4n) is 8.71. The van der Waals surface area contributed by atoms with E-state index < -0.39 is 0 Å². The predicted octanol–water partition coefficient (Wildman–Crippen LogP) is 10.9. The first kappa shape index (κ1) is 25.8. The number of hydrogen-bond donors (Lipinski definition) is 1. The van der Waals surface area contributed by atoms with Gasteiger partial charge in [0.25, 0.3) is 0 Å². The second kappa shape index (κ2) is 9.37. The van der Waals surface area contributed by atoms with Crippen LogP contribution in [0.2, 0.25) is 0 Å². The van der Waals surface area contributed by atoms with Gasteiger partial charge in [-0.15, -0.1) is 0 Å². The maximum atomic E-state index is 5.23. The second-order valence-electron chi connectivity index (χ2n) is 13.0. The Balaban J connectivity index is 1.20. The number of H-pyrrole nitrogens is 1. The molecule has 0 aliphatic heterocycles. The van der Waals surface area contributed by atoms with Crippen LogP contribution < -0.4 is 0 Å². The molecule has 9 aromatic rings. The molecule has 0 radical (unpaired) electrons. The van der Waals surface area contributed by atoms with Gasteiger partial charge in [0.05, 0.1) is 22.1 Å². The molecule has 1 N–H and O–H groups in total. The van der Waals surface area contributed by atoms with Crippen LogP contribution in [-0.4, -0.2) is 15.0 Å². The van der Waals surface area contributed by atoms with Crippen molar-refractivity contribution in [1.29, 1.82) is 0 Å². The molecule has 0 atom stereocenters. The lowest BCUT2D eigenvalue weighted by molar-refractivity contribution is 0.795. The van der Waals surface area contributed by atoms with Crippen LogP contribution >= 0.6 is 0 Å². The first-order valence-electron chi connectivity index (χ1n) is 16.5. The molecule has 2 aliphatic rings. The van der Waals surface area contributed by atoms with Crippen LogP contribution in [0.5, 0.6) is 0 Å². The van der Waals surface area contributed by atoms with Gasteiger partial charge in [-0.2, -0.15) is 0 Å². The third kappa shape index (κ3) is 3.22. The van der Waals surface area contributed by atoms with E-state index in [1.54, 1.807) is 0 Å². The molecule has 48 heavy (non-hydrogen) atoms. The fourth-order valence-corrected chi connectivity index (χ4v) is 8.71. The van der Waals surface area contributed by atoms with Gasteiger partial charge in [0.2, 0.25) is 0 Å². The molecule has 0 saturated heterocycles. The molecule has 3 nitrogen and oxygen atoms in total. The number of rotatable bonds is 2. The van der Waals surface area contributed by atoms with Gasteiger partial charge in [-0.1, -0.05) is 133 Å². The van der Waals surface area contributed by atoms with Crippen molar-refractivity contribution in [1.82, 2.24) is 15.0 Å². The molecule has 0 fully saturated rings. The van der Waals surface area contributed by atoms with Crippen molar-refractivity contribution in [3.05, 3.63) is 180 Å². The zero-order valence-electron chi connectivity index (χ0n) is 25.9. The minimum atomic E-state index is -0.376. The molecule has 2 aliphatic carbocycles. The minimum Gasteiger partial charge on any atom is -0.354 e. The first-order valence-corrected chi connectivity index (χ1v) is 16.5. The van der Waals surface area contributed by atoms with Gasteiger partial charge in [0.1, 0.15) is 0 Å². The Hall–Kier alpha value is -6.32. The highest BCUT2D eigenvalue weighted by Gasteiger charge is 2.51. The van der Waals surface area contributed by atoms with E-state index >= 15 is 0 Å². The average Bonchev–Trinajstić information content (AvgIpc) is 3.77. The lowest BCUT2D eigenvalue weighted by Gasteiger charge is -2.30. The Morgan fingerprint density at radius 1 is 0.417 bits per heavy atom. The molecule has 11 rings (SSSR count). The fraction of sp³-hybridized carbons (Fsp3) is 0.0222. The van der Waals surface area contributed by atoms with E-state index in [1.807, 2.05) is 12.1 Å². The molecule has 3 heteroatoms. The molecule has 1 spiro atoms. The molecule has 222 valence electrons. The molecular weight excluding hydrogens is 583 g/mol. The van der Waals surface area contributed by atoms with Crippen molar-refractivity contribution in [3.8, 4) is 44.9 Å². The van der Waals surface area contributed by atoms with Crippen molar-refractivity contribution in [3.63, 3.8) is 0 Å². The molecule has 2 heterocycles. The van der Waals surface area contributed by atoms with Gasteiger partial charge in [-0.25, -0.2) is 9.97 Å². The van der Waals surface area contributed by atoms with Crippen molar-refractivity contribution >= 4 is 32.7 Å². The standard InChI is InChI=1S/C45H27N3/c1-2-13-27(14-3-1)42-32-18-7-11-24-40(32)47-44(48-42)33-20-12-19-31-35-25-34-30-17-6-10-23-38(30)45(39(34)26-41(35)46-43(31)33)36-21-8-4-15-28(36)29-16-5-9-22-37(29)45/h1-26,46H. The van der Waals surface area contributed by atoms with E-state index in [0.29, 0.717) is 0 Å². The number of benzene rings is 7. The number of para-hydroxylation sites is 2. The molecule has 0 bridgehead atoms. The summed E-state index contributed by atoms with van der Waals surface area (Å²) in [6.07, 6.45) is 0. The number of nitrogens with one attached hydrogen (secondary N) is 1. The summed E-state index contributed by atoms with van der Waals surface area (Å²) in [5.41, 5.74) is 16.4. The van der Waals surface area contributed by atoms with Gasteiger partial charge in [-0.3, -0.25) is 0 Å². The van der Waals surface area contributed by atoms with Crippen LogP contribution in [-0.2, 0) is 5.41 Å². The van der Waals surface area contributed by atoms with Gasteiger partial charge in [-0.05, 0) is 68.8 Å². The SMILES string of the molecule is c1ccc(-c2nc(-c3cccc4c3[nH]c3cc5c(cc34)-c3ccccc3C53c4ccccc4-c4ccccc43)nc3ccccc23)cc1. The zero-order chi connectivity index (χ0) is 31.4. The van der Waals surface area contributed by atoms with E-state index in [1.165, 1.54) is 55.3 Å². The summed E-state index contributed by atoms with van der Waals surface area (Å²) in [6.45, 7) is 0. The third-order valence-electron chi connectivity index (χ3n) is 10.6. The maximum absolute atomic E-state index is 5.23. The summed E-state index contributed by atoms with van der Waals surface area (Å²) in [7, 11) is 0. The topological polar surface area (TPSA) is 41.6 Å². The summed E-state index contributed by atoms with van der Waals surface area (Å²) in [5, 5.41) is 3.43. The van der Waals surface area contributed by atoms with E-state index in [2.05, 4.69) is 151 Å². The number of fused-ring (bicyclic) bond motifs is 14. The highest BCUT2D eigenvalue weighted by atomic mass is 14.9. The monoisotopic (exact) mass is 609 g/mol. The van der Waals surface area contributed by atoms with E-state index in [0.717, 1.165) is 44.6 Å². The zero-order valence-corrected chi connectivity index (χ0v) is 25.9. The molecule has 7 aromatic carbocycles. The average molecular weight is 610 g/mol. The largest absolute Gasteiger partial charge is 0.354 e. The third-order valence-corrected chi connectivity index (χ3v) is 10.6. The Kier molecular flexibility index (Phi) is 5.04. The van der Waals surface area contributed by atoms with Crippen LogP contribution in [0.4, 0.5) is 0 Å². The first-order chi connectivity index (χ1) is 23.8. The van der Waals surface area contributed by atoms with Crippen molar-refractivity contribution in [2.75, 3.05) is 0 Å². The van der Waals surface area contributed by atoms with Crippen LogP contribution in [0.25, 0.3) is 77.6 Å². The van der Waals surface area contributed by atoms with Gasteiger partial charge < -0.3 is 4.98 Å². The molecule has 2 aromatic heterocycles. The van der Waals surface area contributed by atoms with Crippen LogP contribution in [0.1, 0.15) is 22.3 Å². The van der Waals surface area contributed by atoms with Crippen molar-refractivity contribution in [2.24, 2.45) is 0 Å². The summed E-state index contributed by atoms with van der Waals surface area (Å²) in [6, 6.07) is 57.0. The summed E-state index contributed by atoms with van der Waals surface area (Å²) in [4.78, 5) is 14.2. The lowest BCUT2D eigenvalue weighted by Crippen LogP contribution is -2.25. The highest BCUT2D eigenvalue weighted by molar-refractivity contribution is 6.14. The number of nitrogens with zero attached hydrogens (tertiary/aromatic N) is 2. The van der Waals surface area contributed by atoms with E-state index in [9.17, 15) is 0 Å². The lowest BCUT2D eigenvalue weighted by atomic mass is 9.70. The molecule has 0 saturated carbocycles. The number of hydrogen-bond acceptors (Lipinski definition) is 2. The van der Waals surface area contributed by atoms with Gasteiger partial charge >= 0.3 is 0 Å². The summed E-state index contributed by atoms with van der Waals surface area (Å²) < 4.78 is 0. The maximum Gasteiger partial charge on any atom is 0.162 e. The van der Waals surface area contributed by atoms with Gasteiger partial charge in [0.15, 0.2) is 5.82 Å². The number of aromatic nitrogens is 3. The van der Waals surface area contributed by atoms with Crippen molar-refractivity contribution < 1.29 is 0 Å². The Morgan fingerprint density at radius 2 is 1.00 bits per heavy atom. The predicted molar refractivity (Wildman–Crippen MR) is 196 cm³/mol. The quantitative estimate of drug-likeness (QED) is 0.212. The normalized spacial score (nSPS) is 13.6. The minimum absolute atomic E-state index is 0.376. The smallest absolute Gasteiger partial charge is 0.162 e. The highest BCUT2D eigenvalue weighted by Crippen LogP contribution is 2.63. The molecule has 0 amide bonds.